The van der Waals surface area contributed by atoms with Crippen LogP contribution in [-0.2, 0) is 0 Å². The highest BCUT2D eigenvalue weighted by molar-refractivity contribution is 7.78. The SMILES string of the molecule is CC(C)(O)[C@H](F)CNC(=O)c1cnc(-c2ccc3cc(C#N)cnn23)cc1NC1CCC(N=C=S)CC1. The van der Waals surface area contributed by atoms with Crippen molar-refractivity contribution in [2.45, 2.75) is 63.4 Å². The molecular formula is C26H28FN7O2S. The lowest BCUT2D eigenvalue weighted by atomic mass is 9.91. The molecule has 3 heterocycles. The second-order valence-electron chi connectivity index (χ2n) is 9.73. The summed E-state index contributed by atoms with van der Waals surface area (Å²) in [5.74, 6) is -0.496. The van der Waals surface area contributed by atoms with E-state index < -0.39 is 17.7 Å². The summed E-state index contributed by atoms with van der Waals surface area (Å²) >= 11 is 4.73. The number of nitrogens with one attached hydrogen (secondary N) is 2. The fraction of sp³-hybridized carbons (Fsp3) is 0.423. The molecule has 1 atom stereocenters. The van der Waals surface area contributed by atoms with Crippen LogP contribution in [0.25, 0.3) is 16.9 Å². The highest BCUT2D eigenvalue weighted by atomic mass is 32.1. The number of rotatable bonds is 8. The van der Waals surface area contributed by atoms with Crippen LogP contribution in [0.15, 0.2) is 41.7 Å². The Morgan fingerprint density at radius 2 is 2.08 bits per heavy atom. The average molecular weight is 522 g/mol. The van der Waals surface area contributed by atoms with Crippen LogP contribution in [0.2, 0.25) is 0 Å². The van der Waals surface area contributed by atoms with Crippen LogP contribution in [0.4, 0.5) is 10.1 Å². The van der Waals surface area contributed by atoms with Crippen molar-refractivity contribution in [2.24, 2.45) is 4.99 Å². The van der Waals surface area contributed by atoms with Gasteiger partial charge in [0, 0.05) is 12.2 Å². The molecular weight excluding hydrogens is 493 g/mol. The number of amides is 1. The van der Waals surface area contributed by atoms with E-state index in [0.717, 1.165) is 31.2 Å². The smallest absolute Gasteiger partial charge is 0.255 e. The molecule has 3 N–H and O–H groups in total. The van der Waals surface area contributed by atoms with Gasteiger partial charge in [0.25, 0.3) is 5.91 Å². The molecule has 0 spiro atoms. The largest absolute Gasteiger partial charge is 0.387 e. The zero-order chi connectivity index (χ0) is 26.6. The Labute approximate surface area is 219 Å². The van der Waals surface area contributed by atoms with Gasteiger partial charge in [-0.25, -0.2) is 13.9 Å². The molecule has 3 aromatic rings. The first-order valence-electron chi connectivity index (χ1n) is 12.1. The molecule has 1 aliphatic carbocycles. The molecule has 0 aliphatic heterocycles. The van der Waals surface area contributed by atoms with Crippen molar-refractivity contribution in [3.05, 3.63) is 47.8 Å². The number of alkyl halides is 1. The highest BCUT2D eigenvalue weighted by Crippen LogP contribution is 2.29. The normalized spacial score (nSPS) is 18.5. The number of thiocarbonyl (C=S) groups is 1. The van der Waals surface area contributed by atoms with Crippen molar-refractivity contribution < 1.29 is 14.3 Å². The van der Waals surface area contributed by atoms with E-state index in [-0.39, 0.29) is 24.2 Å². The second kappa shape index (κ2) is 11.1. The first kappa shape index (κ1) is 26.4. The molecule has 1 fully saturated rings. The first-order chi connectivity index (χ1) is 17.7. The van der Waals surface area contributed by atoms with E-state index in [0.29, 0.717) is 22.6 Å². The standard InChI is InChI=1S/C26H28FN7O2S/c1-26(2,36)24(27)14-30-25(35)20-13-29-22(23-8-7-19-9-16(11-28)12-32-34(19)23)10-21(20)33-18-5-3-17(4-6-18)31-15-37/h7-10,12-13,17-18,24,36H,3-6,14H2,1-2H3,(H,29,33)(H,30,35)/t17?,18?,24-/m1/s1. The van der Waals surface area contributed by atoms with Gasteiger partial charge in [-0.1, -0.05) is 0 Å². The predicted molar refractivity (Wildman–Crippen MR) is 141 cm³/mol. The van der Waals surface area contributed by atoms with Crippen LogP contribution >= 0.6 is 12.2 Å². The van der Waals surface area contributed by atoms with Crippen LogP contribution in [0, 0.1) is 11.3 Å². The number of pyridine rings is 1. The molecule has 0 saturated heterocycles. The molecule has 0 bridgehead atoms. The molecule has 9 nitrogen and oxygen atoms in total. The number of hydrogen-bond acceptors (Lipinski definition) is 8. The number of isothiocyanates is 1. The molecule has 0 unspecified atom stereocenters. The number of aromatic nitrogens is 3. The van der Waals surface area contributed by atoms with E-state index in [2.05, 4.69) is 36.9 Å². The second-order valence-corrected chi connectivity index (χ2v) is 9.91. The Morgan fingerprint density at radius 3 is 2.76 bits per heavy atom. The van der Waals surface area contributed by atoms with Gasteiger partial charge in [-0.2, -0.15) is 10.4 Å². The Kier molecular flexibility index (Phi) is 7.93. The number of aliphatic imine (C=N–C) groups is 1. The lowest BCUT2D eigenvalue weighted by molar-refractivity contribution is -0.00177. The third-order valence-electron chi connectivity index (χ3n) is 6.54. The van der Waals surface area contributed by atoms with Crippen LogP contribution in [0.3, 0.4) is 0 Å². The molecule has 1 amide bonds. The van der Waals surface area contributed by atoms with E-state index in [1.165, 1.54) is 26.2 Å². The topological polar surface area (TPSA) is 128 Å². The van der Waals surface area contributed by atoms with Crippen molar-refractivity contribution in [1.29, 1.82) is 5.26 Å². The molecule has 192 valence electrons. The van der Waals surface area contributed by atoms with Gasteiger partial charge in [0.1, 0.15) is 12.2 Å². The number of fused-ring (bicyclic) bond motifs is 1. The van der Waals surface area contributed by atoms with E-state index in [4.69, 9.17) is 17.5 Å². The fourth-order valence-corrected chi connectivity index (χ4v) is 4.47. The quantitative estimate of drug-likeness (QED) is 0.303. The van der Waals surface area contributed by atoms with Crippen molar-refractivity contribution >= 4 is 34.5 Å². The molecule has 1 aliphatic rings. The third kappa shape index (κ3) is 6.17. The molecule has 4 rings (SSSR count). The number of halogens is 1. The van der Waals surface area contributed by atoms with Gasteiger partial charge in [-0.3, -0.25) is 9.78 Å². The zero-order valence-electron chi connectivity index (χ0n) is 20.6. The van der Waals surface area contributed by atoms with Crippen LogP contribution in [-0.4, -0.2) is 61.2 Å². The minimum Gasteiger partial charge on any atom is -0.387 e. The number of aliphatic hydroxyl groups is 1. The van der Waals surface area contributed by atoms with Crippen molar-refractivity contribution in [3.8, 4) is 17.5 Å². The Balaban J connectivity index is 1.63. The summed E-state index contributed by atoms with van der Waals surface area (Å²) in [6, 6.07) is 9.54. The molecule has 0 aromatic carbocycles. The molecule has 11 heteroatoms. The number of carbonyl (C=O) groups is 1. The predicted octanol–water partition coefficient (Wildman–Crippen LogP) is 3.93. The lowest BCUT2D eigenvalue weighted by Gasteiger charge is -2.28. The maximum Gasteiger partial charge on any atom is 0.255 e. The minimum absolute atomic E-state index is 0.101. The lowest BCUT2D eigenvalue weighted by Crippen LogP contribution is -2.42. The summed E-state index contributed by atoms with van der Waals surface area (Å²) in [6.45, 7) is 2.37. The average Bonchev–Trinajstić information content (AvgIpc) is 3.31. The summed E-state index contributed by atoms with van der Waals surface area (Å²) in [5, 5.41) is 31.9. The monoisotopic (exact) mass is 521 g/mol. The molecule has 37 heavy (non-hydrogen) atoms. The number of carbonyl (C=O) groups excluding carboxylic acids is 1. The van der Waals surface area contributed by atoms with Crippen LogP contribution in [0.1, 0.15) is 55.5 Å². The summed E-state index contributed by atoms with van der Waals surface area (Å²) in [6.07, 6.45) is 4.68. The van der Waals surface area contributed by atoms with Crippen molar-refractivity contribution in [3.63, 3.8) is 0 Å². The fourth-order valence-electron chi connectivity index (χ4n) is 4.32. The number of anilines is 1. The summed E-state index contributed by atoms with van der Waals surface area (Å²) < 4.78 is 15.9. The van der Waals surface area contributed by atoms with Crippen LogP contribution in [0.5, 0.6) is 0 Å². The Bertz CT molecular complexity index is 1380. The van der Waals surface area contributed by atoms with E-state index >= 15 is 0 Å². The van der Waals surface area contributed by atoms with Gasteiger partial charge >= 0.3 is 0 Å². The third-order valence-corrected chi connectivity index (χ3v) is 6.65. The Morgan fingerprint density at radius 1 is 1.32 bits per heavy atom. The minimum atomic E-state index is -1.63. The maximum atomic E-state index is 14.3. The maximum absolute atomic E-state index is 14.3. The van der Waals surface area contributed by atoms with E-state index in [9.17, 15) is 14.3 Å². The zero-order valence-corrected chi connectivity index (χ0v) is 21.4. The van der Waals surface area contributed by atoms with Crippen molar-refractivity contribution in [2.75, 3.05) is 11.9 Å². The van der Waals surface area contributed by atoms with Gasteiger partial charge in [-0.05, 0) is 76.0 Å². The van der Waals surface area contributed by atoms with Gasteiger partial charge in [0.2, 0.25) is 0 Å². The van der Waals surface area contributed by atoms with Gasteiger partial charge in [0.05, 0.1) is 63.3 Å². The number of hydrogen-bond donors (Lipinski definition) is 3. The summed E-state index contributed by atoms with van der Waals surface area (Å²) in [5.41, 5.74) is 1.72. The number of nitriles is 1. The van der Waals surface area contributed by atoms with E-state index in [1.54, 1.807) is 16.6 Å². The molecule has 0 radical (unpaired) electrons. The highest BCUT2D eigenvalue weighted by Gasteiger charge is 2.28. The summed E-state index contributed by atoms with van der Waals surface area (Å²) in [7, 11) is 0. The summed E-state index contributed by atoms with van der Waals surface area (Å²) in [4.78, 5) is 21.7. The van der Waals surface area contributed by atoms with Crippen molar-refractivity contribution in [1.82, 2.24) is 19.9 Å². The number of nitrogens with zero attached hydrogens (tertiary/aromatic N) is 5. The van der Waals surface area contributed by atoms with E-state index in [1.807, 2.05) is 12.1 Å². The van der Waals surface area contributed by atoms with Crippen LogP contribution < -0.4 is 10.6 Å². The molecule has 1 saturated carbocycles. The van der Waals surface area contributed by atoms with Gasteiger partial charge in [0.15, 0.2) is 0 Å². The first-order valence-corrected chi connectivity index (χ1v) is 12.5. The Hall–Kier alpha value is -3.71. The van der Waals surface area contributed by atoms with Gasteiger partial charge < -0.3 is 15.7 Å². The van der Waals surface area contributed by atoms with Gasteiger partial charge in [-0.15, -0.1) is 0 Å². The molecule has 3 aromatic heterocycles.